The van der Waals surface area contributed by atoms with E-state index in [1.807, 2.05) is 23.2 Å². The van der Waals surface area contributed by atoms with Gasteiger partial charge in [-0.05, 0) is 6.07 Å². The number of hydrogen-bond acceptors (Lipinski definition) is 7. The summed E-state index contributed by atoms with van der Waals surface area (Å²) in [4.78, 5) is 12.9. The number of thiazole rings is 1. The minimum absolute atomic E-state index is 0.258. The van der Waals surface area contributed by atoms with Gasteiger partial charge in [-0.2, -0.15) is 4.98 Å². The molecule has 0 aliphatic rings. The third kappa shape index (κ3) is 2.96. The fraction of sp³-hybridized carbons (Fsp3) is 0.308. The zero-order chi connectivity index (χ0) is 14.7. The van der Waals surface area contributed by atoms with Gasteiger partial charge >= 0.3 is 0 Å². The first-order valence-corrected chi connectivity index (χ1v) is 7.44. The van der Waals surface area contributed by atoms with Gasteiger partial charge in [-0.25, -0.2) is 9.97 Å². The lowest BCUT2D eigenvalue weighted by Crippen LogP contribution is -2.12. The van der Waals surface area contributed by atoms with E-state index < -0.39 is 0 Å². The molecule has 0 aromatic carbocycles. The van der Waals surface area contributed by atoms with Crippen LogP contribution in [0.3, 0.4) is 0 Å². The van der Waals surface area contributed by atoms with Crippen LogP contribution >= 0.6 is 11.3 Å². The van der Waals surface area contributed by atoms with Gasteiger partial charge in [0, 0.05) is 25.2 Å². The van der Waals surface area contributed by atoms with Crippen LogP contribution in [0.15, 0.2) is 23.2 Å². The Bertz CT molecular complexity index is 724. The van der Waals surface area contributed by atoms with Crippen LogP contribution in [0.25, 0.3) is 11.0 Å². The highest BCUT2D eigenvalue weighted by atomic mass is 32.1. The van der Waals surface area contributed by atoms with Gasteiger partial charge < -0.3 is 20.4 Å². The number of aromatic nitrogens is 4. The Balaban J connectivity index is 1.97. The number of hydrogen-bond donors (Lipinski definition) is 2. The summed E-state index contributed by atoms with van der Waals surface area (Å²) in [6, 6.07) is 1.93. The molecule has 0 fully saturated rings. The maximum absolute atomic E-state index is 5.76. The molecule has 3 aromatic heterocycles. The lowest BCUT2D eigenvalue weighted by atomic mass is 10.4. The van der Waals surface area contributed by atoms with E-state index in [1.54, 1.807) is 18.4 Å². The minimum atomic E-state index is 0.258. The monoisotopic (exact) mass is 304 g/mol. The molecule has 0 amide bonds. The van der Waals surface area contributed by atoms with Crippen molar-refractivity contribution in [2.45, 2.75) is 6.54 Å². The van der Waals surface area contributed by atoms with Crippen molar-refractivity contribution in [1.29, 1.82) is 0 Å². The lowest BCUT2D eigenvalue weighted by Gasteiger charge is -2.10. The number of nitrogens with two attached hydrogens (primary N) is 1. The van der Waals surface area contributed by atoms with E-state index in [4.69, 9.17) is 10.5 Å². The highest BCUT2D eigenvalue weighted by Crippen LogP contribution is 2.23. The van der Waals surface area contributed by atoms with Crippen LogP contribution in [0.1, 0.15) is 5.69 Å². The summed E-state index contributed by atoms with van der Waals surface area (Å²) in [5, 5.41) is 5.27. The van der Waals surface area contributed by atoms with Crippen LogP contribution in [-0.4, -0.2) is 39.8 Å². The third-order valence-corrected chi connectivity index (χ3v) is 3.68. The Morgan fingerprint density at radius 2 is 2.33 bits per heavy atom. The zero-order valence-corrected chi connectivity index (χ0v) is 12.4. The van der Waals surface area contributed by atoms with Gasteiger partial charge in [0.1, 0.15) is 5.52 Å². The SMILES string of the molecule is COCCNc1nc(N)nc2ccn(Cc3cscn3)c12. The first kappa shape index (κ1) is 13.8. The molecule has 3 N–H and O–H groups in total. The normalized spacial score (nSPS) is 11.1. The molecule has 110 valence electrons. The van der Waals surface area contributed by atoms with E-state index in [0.717, 1.165) is 22.5 Å². The van der Waals surface area contributed by atoms with Crippen molar-refractivity contribution in [3.63, 3.8) is 0 Å². The molecular weight excluding hydrogens is 288 g/mol. The Hall–Kier alpha value is -2.19. The Morgan fingerprint density at radius 1 is 1.43 bits per heavy atom. The Labute approximate surface area is 125 Å². The summed E-state index contributed by atoms with van der Waals surface area (Å²) >= 11 is 1.58. The second-order valence-electron chi connectivity index (χ2n) is 4.51. The molecule has 8 heteroatoms. The molecule has 0 radical (unpaired) electrons. The second-order valence-corrected chi connectivity index (χ2v) is 5.23. The Morgan fingerprint density at radius 3 is 3.10 bits per heavy atom. The van der Waals surface area contributed by atoms with Crippen LogP contribution in [-0.2, 0) is 11.3 Å². The predicted octanol–water partition coefficient (Wildman–Crippen LogP) is 1.58. The maximum Gasteiger partial charge on any atom is 0.222 e. The molecular formula is C13H16N6OS. The number of methoxy groups -OCH3 is 1. The smallest absolute Gasteiger partial charge is 0.222 e. The molecule has 3 aromatic rings. The predicted molar refractivity (Wildman–Crippen MR) is 83.5 cm³/mol. The van der Waals surface area contributed by atoms with Crippen molar-refractivity contribution < 1.29 is 4.74 Å². The minimum Gasteiger partial charge on any atom is -0.383 e. The molecule has 0 saturated heterocycles. The molecule has 0 spiro atoms. The highest BCUT2D eigenvalue weighted by molar-refractivity contribution is 7.07. The topological polar surface area (TPSA) is 90.9 Å². The molecule has 3 rings (SSSR count). The van der Waals surface area contributed by atoms with Gasteiger partial charge in [-0.1, -0.05) is 0 Å². The molecule has 3 heterocycles. The van der Waals surface area contributed by atoms with Crippen LogP contribution in [0.2, 0.25) is 0 Å². The number of ether oxygens (including phenoxy) is 1. The molecule has 0 saturated carbocycles. The van der Waals surface area contributed by atoms with Gasteiger partial charge in [0.15, 0.2) is 5.82 Å². The molecule has 0 bridgehead atoms. The third-order valence-electron chi connectivity index (χ3n) is 3.04. The summed E-state index contributed by atoms with van der Waals surface area (Å²) in [7, 11) is 1.66. The maximum atomic E-state index is 5.76. The number of anilines is 2. The number of nitrogens with zero attached hydrogens (tertiary/aromatic N) is 4. The molecule has 0 unspecified atom stereocenters. The van der Waals surface area contributed by atoms with E-state index in [0.29, 0.717) is 19.7 Å². The molecule has 21 heavy (non-hydrogen) atoms. The second kappa shape index (κ2) is 6.06. The molecule has 0 aliphatic heterocycles. The van der Waals surface area contributed by atoms with Crippen LogP contribution in [0.5, 0.6) is 0 Å². The summed E-state index contributed by atoms with van der Waals surface area (Å²) in [5.74, 6) is 0.976. The highest BCUT2D eigenvalue weighted by Gasteiger charge is 2.11. The largest absolute Gasteiger partial charge is 0.383 e. The number of nitrogen functional groups attached to an aromatic ring is 1. The molecule has 7 nitrogen and oxygen atoms in total. The fourth-order valence-corrected chi connectivity index (χ4v) is 2.69. The number of nitrogens with one attached hydrogen (secondary N) is 1. The molecule has 0 atom stereocenters. The van der Waals surface area contributed by atoms with Crippen LogP contribution in [0.4, 0.5) is 11.8 Å². The van der Waals surface area contributed by atoms with Crippen molar-refractivity contribution in [2.75, 3.05) is 31.3 Å². The van der Waals surface area contributed by atoms with Crippen molar-refractivity contribution in [1.82, 2.24) is 19.5 Å². The van der Waals surface area contributed by atoms with E-state index in [1.165, 1.54) is 0 Å². The average Bonchev–Trinajstić information content (AvgIpc) is 3.10. The van der Waals surface area contributed by atoms with Gasteiger partial charge in [-0.15, -0.1) is 11.3 Å². The lowest BCUT2D eigenvalue weighted by molar-refractivity contribution is 0.210. The summed E-state index contributed by atoms with van der Waals surface area (Å²) in [6.45, 7) is 1.93. The van der Waals surface area contributed by atoms with Gasteiger partial charge in [0.25, 0.3) is 0 Å². The summed E-state index contributed by atoms with van der Waals surface area (Å²) in [5.41, 5.74) is 10.3. The van der Waals surface area contributed by atoms with Crippen LogP contribution in [0, 0.1) is 0 Å². The quantitative estimate of drug-likeness (QED) is 0.672. The standard InChI is InChI=1S/C13H16N6OS/c1-20-5-3-15-12-11-10(17-13(14)18-12)2-4-19(11)6-9-7-21-8-16-9/h2,4,7-8H,3,5-6H2,1H3,(H3,14,15,17,18). The zero-order valence-electron chi connectivity index (χ0n) is 11.6. The van der Waals surface area contributed by atoms with Gasteiger partial charge in [0.05, 0.1) is 29.9 Å². The van der Waals surface area contributed by atoms with Crippen molar-refractivity contribution >= 4 is 34.1 Å². The molecule has 0 aliphatic carbocycles. The summed E-state index contributed by atoms with van der Waals surface area (Å²) in [6.07, 6.45) is 1.97. The van der Waals surface area contributed by atoms with E-state index in [9.17, 15) is 0 Å². The fourth-order valence-electron chi connectivity index (χ4n) is 2.14. The number of rotatable bonds is 6. The van der Waals surface area contributed by atoms with E-state index in [2.05, 4.69) is 24.8 Å². The summed E-state index contributed by atoms with van der Waals surface area (Å²) < 4.78 is 7.12. The van der Waals surface area contributed by atoms with Crippen molar-refractivity contribution in [2.24, 2.45) is 0 Å². The Kier molecular flexibility index (Phi) is 3.98. The van der Waals surface area contributed by atoms with E-state index >= 15 is 0 Å². The first-order valence-electron chi connectivity index (χ1n) is 6.50. The van der Waals surface area contributed by atoms with Crippen molar-refractivity contribution in [3.05, 3.63) is 28.8 Å². The van der Waals surface area contributed by atoms with Gasteiger partial charge in [-0.3, -0.25) is 0 Å². The van der Waals surface area contributed by atoms with Gasteiger partial charge in [0.2, 0.25) is 5.95 Å². The average molecular weight is 304 g/mol. The van der Waals surface area contributed by atoms with Crippen molar-refractivity contribution in [3.8, 4) is 0 Å². The van der Waals surface area contributed by atoms with E-state index in [-0.39, 0.29) is 5.95 Å². The first-order chi connectivity index (χ1) is 10.3. The number of fused-ring (bicyclic) bond motifs is 1. The van der Waals surface area contributed by atoms with Crippen LogP contribution < -0.4 is 11.1 Å².